The number of sulfonamides is 1. The zero-order valence-corrected chi connectivity index (χ0v) is 15.7. The second-order valence-electron chi connectivity index (χ2n) is 6.25. The van der Waals surface area contributed by atoms with Crippen molar-refractivity contribution in [2.45, 2.75) is 17.7 Å². The van der Waals surface area contributed by atoms with Crippen LogP contribution in [0.2, 0.25) is 5.02 Å². The summed E-state index contributed by atoms with van der Waals surface area (Å²) >= 11 is 5.82. The van der Waals surface area contributed by atoms with Crippen LogP contribution in [0.25, 0.3) is 0 Å². The summed E-state index contributed by atoms with van der Waals surface area (Å²) in [6.45, 7) is 1.42. The van der Waals surface area contributed by atoms with E-state index in [1.165, 1.54) is 22.6 Å². The topological polar surface area (TPSA) is 79.4 Å². The van der Waals surface area contributed by atoms with Crippen molar-refractivity contribution in [3.05, 3.63) is 59.4 Å². The fourth-order valence-corrected chi connectivity index (χ4v) is 4.54. The molecule has 26 heavy (non-hydrogen) atoms. The Hall–Kier alpha value is -1.96. The molecule has 0 atom stereocenters. The summed E-state index contributed by atoms with van der Waals surface area (Å²) in [5.41, 5.74) is 0.523. The Morgan fingerprint density at radius 3 is 2.50 bits per heavy atom. The van der Waals surface area contributed by atoms with Crippen LogP contribution in [0.3, 0.4) is 0 Å². The van der Waals surface area contributed by atoms with Gasteiger partial charge in [0.25, 0.3) is 5.91 Å². The maximum absolute atomic E-state index is 12.7. The summed E-state index contributed by atoms with van der Waals surface area (Å²) in [5.74, 6) is 0.0987. The molecule has 1 amide bonds. The van der Waals surface area contributed by atoms with Gasteiger partial charge in [0, 0.05) is 37.1 Å². The van der Waals surface area contributed by atoms with Crippen LogP contribution >= 0.6 is 11.6 Å². The smallest absolute Gasteiger partial charge is 0.252 e. The molecule has 3 rings (SSSR count). The zero-order valence-electron chi connectivity index (χ0n) is 14.1. The van der Waals surface area contributed by atoms with Crippen LogP contribution in [0, 0.1) is 5.92 Å². The van der Waals surface area contributed by atoms with Crippen molar-refractivity contribution < 1.29 is 13.2 Å². The van der Waals surface area contributed by atoms with Crippen molar-refractivity contribution in [3.63, 3.8) is 0 Å². The van der Waals surface area contributed by atoms with Gasteiger partial charge in [-0.2, -0.15) is 4.31 Å². The number of aromatic nitrogens is 1. The molecule has 6 nitrogen and oxygen atoms in total. The Balaban J connectivity index is 1.52. The normalized spacial score (nSPS) is 16.3. The number of piperidine rings is 1. The van der Waals surface area contributed by atoms with Gasteiger partial charge < -0.3 is 5.32 Å². The van der Waals surface area contributed by atoms with Crippen molar-refractivity contribution in [3.8, 4) is 0 Å². The van der Waals surface area contributed by atoms with Crippen molar-refractivity contribution >= 4 is 27.5 Å². The molecule has 1 N–H and O–H groups in total. The summed E-state index contributed by atoms with van der Waals surface area (Å²) in [6, 6.07) is 9.64. The molecule has 1 aliphatic heterocycles. The molecule has 1 aromatic carbocycles. The van der Waals surface area contributed by atoms with E-state index in [0.29, 0.717) is 43.1 Å². The SMILES string of the molecule is O=C(NCC1CCN(S(=O)(=O)c2ccc(Cl)cc2)CC1)c1cccnc1. The van der Waals surface area contributed by atoms with E-state index in [1.807, 2.05) is 0 Å². The molecule has 1 aromatic heterocycles. The first kappa shape index (κ1) is 18.8. The highest BCUT2D eigenvalue weighted by Gasteiger charge is 2.29. The number of hydrogen-bond donors (Lipinski definition) is 1. The van der Waals surface area contributed by atoms with Crippen molar-refractivity contribution in [1.82, 2.24) is 14.6 Å². The van der Waals surface area contributed by atoms with E-state index >= 15 is 0 Å². The summed E-state index contributed by atoms with van der Waals surface area (Å²) < 4.78 is 26.8. The first-order valence-electron chi connectivity index (χ1n) is 8.41. The summed E-state index contributed by atoms with van der Waals surface area (Å²) in [5, 5.41) is 3.41. The van der Waals surface area contributed by atoms with E-state index in [2.05, 4.69) is 10.3 Å². The largest absolute Gasteiger partial charge is 0.352 e. The van der Waals surface area contributed by atoms with E-state index in [-0.39, 0.29) is 16.7 Å². The highest BCUT2D eigenvalue weighted by molar-refractivity contribution is 7.89. The second kappa shape index (κ2) is 8.16. The van der Waals surface area contributed by atoms with Gasteiger partial charge in [-0.05, 0) is 55.2 Å². The Morgan fingerprint density at radius 1 is 1.19 bits per heavy atom. The fraction of sp³-hybridized carbons (Fsp3) is 0.333. The van der Waals surface area contributed by atoms with Crippen LogP contribution in [0.1, 0.15) is 23.2 Å². The summed E-state index contributed by atoms with van der Waals surface area (Å²) in [7, 11) is -3.50. The molecule has 138 valence electrons. The molecular formula is C18H20ClN3O3S. The van der Waals surface area contributed by atoms with Crippen molar-refractivity contribution in [2.24, 2.45) is 5.92 Å². The lowest BCUT2D eigenvalue weighted by molar-refractivity contribution is 0.0941. The molecule has 0 spiro atoms. The summed E-state index contributed by atoms with van der Waals surface area (Å²) in [4.78, 5) is 16.2. The van der Waals surface area contributed by atoms with Gasteiger partial charge in [-0.3, -0.25) is 9.78 Å². The maximum Gasteiger partial charge on any atom is 0.252 e. The molecule has 8 heteroatoms. The predicted molar refractivity (Wildman–Crippen MR) is 99.5 cm³/mol. The Morgan fingerprint density at radius 2 is 1.88 bits per heavy atom. The van der Waals surface area contributed by atoms with E-state index in [0.717, 1.165) is 0 Å². The maximum atomic E-state index is 12.7. The lowest BCUT2D eigenvalue weighted by Gasteiger charge is -2.31. The van der Waals surface area contributed by atoms with Crippen LogP contribution < -0.4 is 5.32 Å². The molecule has 2 heterocycles. The van der Waals surface area contributed by atoms with Gasteiger partial charge in [0.1, 0.15) is 0 Å². The van der Waals surface area contributed by atoms with Gasteiger partial charge in [0.15, 0.2) is 0 Å². The van der Waals surface area contributed by atoms with Crippen LogP contribution in [-0.4, -0.2) is 43.2 Å². The first-order valence-corrected chi connectivity index (χ1v) is 10.2. The predicted octanol–water partition coefficient (Wildman–Crippen LogP) is 2.57. The monoisotopic (exact) mass is 393 g/mol. The van der Waals surface area contributed by atoms with E-state index in [1.54, 1.807) is 30.5 Å². The van der Waals surface area contributed by atoms with Gasteiger partial charge in [-0.25, -0.2) is 8.42 Å². The zero-order chi connectivity index (χ0) is 18.6. The number of benzene rings is 1. The number of rotatable bonds is 5. The molecule has 1 saturated heterocycles. The molecule has 1 fully saturated rings. The molecular weight excluding hydrogens is 374 g/mol. The third kappa shape index (κ3) is 4.41. The van der Waals surface area contributed by atoms with Crippen LogP contribution in [-0.2, 0) is 10.0 Å². The lowest BCUT2D eigenvalue weighted by atomic mass is 9.98. The Kier molecular flexibility index (Phi) is 5.90. The van der Waals surface area contributed by atoms with Crippen LogP contribution in [0.15, 0.2) is 53.7 Å². The molecule has 0 radical (unpaired) electrons. The minimum atomic E-state index is -3.50. The average molecular weight is 394 g/mol. The van der Waals surface area contributed by atoms with E-state index in [9.17, 15) is 13.2 Å². The van der Waals surface area contributed by atoms with Gasteiger partial charge >= 0.3 is 0 Å². The van der Waals surface area contributed by atoms with Crippen molar-refractivity contribution in [1.29, 1.82) is 0 Å². The number of hydrogen-bond acceptors (Lipinski definition) is 4. The number of carbonyl (C=O) groups is 1. The van der Waals surface area contributed by atoms with Gasteiger partial charge in [0.05, 0.1) is 10.5 Å². The quantitative estimate of drug-likeness (QED) is 0.846. The highest BCUT2D eigenvalue weighted by atomic mass is 35.5. The molecule has 0 bridgehead atoms. The number of halogens is 1. The minimum Gasteiger partial charge on any atom is -0.352 e. The van der Waals surface area contributed by atoms with Gasteiger partial charge in [-0.15, -0.1) is 0 Å². The third-order valence-electron chi connectivity index (χ3n) is 4.50. The number of nitrogens with zero attached hydrogens (tertiary/aromatic N) is 2. The Labute approximate surface area is 158 Å². The summed E-state index contributed by atoms with van der Waals surface area (Å²) in [6.07, 6.45) is 4.56. The number of nitrogens with one attached hydrogen (secondary N) is 1. The highest BCUT2D eigenvalue weighted by Crippen LogP contribution is 2.24. The standard InChI is InChI=1S/C18H20ClN3O3S/c19-16-3-5-17(6-4-16)26(24,25)22-10-7-14(8-11-22)12-21-18(23)15-2-1-9-20-13-15/h1-6,9,13-14H,7-8,10-12H2,(H,21,23). The fourth-order valence-electron chi connectivity index (χ4n) is 2.95. The molecule has 0 aliphatic carbocycles. The van der Waals surface area contributed by atoms with E-state index in [4.69, 9.17) is 11.6 Å². The van der Waals surface area contributed by atoms with Gasteiger partial charge in [-0.1, -0.05) is 11.6 Å². The average Bonchev–Trinajstić information content (AvgIpc) is 2.67. The Bertz CT molecular complexity index is 849. The molecule has 2 aromatic rings. The minimum absolute atomic E-state index is 0.158. The first-order chi connectivity index (χ1) is 12.5. The van der Waals surface area contributed by atoms with E-state index < -0.39 is 10.0 Å². The van der Waals surface area contributed by atoms with Crippen molar-refractivity contribution in [2.75, 3.05) is 19.6 Å². The van der Waals surface area contributed by atoms with Crippen LogP contribution in [0.4, 0.5) is 0 Å². The number of pyridine rings is 1. The van der Waals surface area contributed by atoms with Crippen LogP contribution in [0.5, 0.6) is 0 Å². The molecule has 0 saturated carbocycles. The number of carbonyl (C=O) groups excluding carboxylic acids is 1. The molecule has 1 aliphatic rings. The third-order valence-corrected chi connectivity index (χ3v) is 6.66. The second-order valence-corrected chi connectivity index (χ2v) is 8.63. The lowest BCUT2D eigenvalue weighted by Crippen LogP contribution is -2.41. The van der Waals surface area contributed by atoms with Gasteiger partial charge in [0.2, 0.25) is 10.0 Å². The number of amides is 1. The molecule has 0 unspecified atom stereocenters.